The van der Waals surface area contributed by atoms with Crippen LogP contribution in [0, 0.1) is 17.8 Å². The number of aromatic nitrogens is 3. The van der Waals surface area contributed by atoms with Crippen molar-refractivity contribution in [3.8, 4) is 17.0 Å². The summed E-state index contributed by atoms with van der Waals surface area (Å²) in [5.74, 6) is 1.22. The molecule has 0 unspecified atom stereocenters. The Morgan fingerprint density at radius 2 is 1.97 bits per heavy atom. The number of aliphatic hydroxyl groups excluding tert-OH is 1. The molecule has 2 saturated carbocycles. The van der Waals surface area contributed by atoms with Crippen LogP contribution in [0.2, 0.25) is 0 Å². The van der Waals surface area contributed by atoms with E-state index in [2.05, 4.69) is 28.5 Å². The van der Waals surface area contributed by atoms with Crippen molar-refractivity contribution in [2.24, 2.45) is 17.8 Å². The predicted molar refractivity (Wildman–Crippen MR) is 116 cm³/mol. The molecule has 3 aliphatic rings. The second kappa shape index (κ2) is 8.16. The van der Waals surface area contributed by atoms with Gasteiger partial charge in [0.2, 0.25) is 0 Å². The van der Waals surface area contributed by atoms with Crippen LogP contribution in [0.4, 0.5) is 19.0 Å². The molecular weight excluding hydrogens is 435 g/mol. The van der Waals surface area contributed by atoms with Gasteiger partial charge in [0.25, 0.3) is 0 Å². The Morgan fingerprint density at radius 1 is 1.24 bits per heavy atom. The number of ether oxygens (including phenoxy) is 1. The molecule has 1 saturated heterocycles. The van der Waals surface area contributed by atoms with Crippen molar-refractivity contribution in [2.75, 3.05) is 25.4 Å². The topological polar surface area (TPSA) is 89.4 Å². The number of alkyl halides is 3. The van der Waals surface area contributed by atoms with Crippen LogP contribution in [0.25, 0.3) is 11.3 Å². The van der Waals surface area contributed by atoms with Crippen LogP contribution in [0.5, 0.6) is 5.75 Å². The fraction of sp³-hybridized carbons (Fsp3) is 0.652. The van der Waals surface area contributed by atoms with Crippen LogP contribution in [-0.2, 0) is 0 Å². The summed E-state index contributed by atoms with van der Waals surface area (Å²) in [6.45, 7) is 6.44. The Kier molecular flexibility index (Phi) is 5.55. The van der Waals surface area contributed by atoms with Crippen molar-refractivity contribution in [1.29, 1.82) is 0 Å². The molecule has 0 bridgehead atoms. The number of hydrogen-bond acceptors (Lipinski definition) is 6. The van der Waals surface area contributed by atoms with Crippen molar-refractivity contribution in [3.05, 3.63) is 24.0 Å². The normalized spacial score (nSPS) is 29.6. The number of nitrogen functional groups attached to an aromatic ring is 1. The molecule has 10 heteroatoms. The first kappa shape index (κ1) is 22.5. The minimum Gasteiger partial charge on any atom is -0.402 e. The molecule has 1 aliphatic heterocycles. The summed E-state index contributed by atoms with van der Waals surface area (Å²) in [5, 5.41) is 14.1. The highest BCUT2D eigenvalue weighted by Crippen LogP contribution is 2.64. The maximum Gasteiger partial charge on any atom is 0.573 e. The number of nitrogens with zero attached hydrogens (tertiary/aromatic N) is 4. The van der Waals surface area contributed by atoms with Crippen LogP contribution in [0.15, 0.2) is 18.3 Å². The van der Waals surface area contributed by atoms with Gasteiger partial charge in [0.15, 0.2) is 11.6 Å². The minimum atomic E-state index is -4.84. The first-order chi connectivity index (χ1) is 15.6. The van der Waals surface area contributed by atoms with Gasteiger partial charge in [-0.1, -0.05) is 0 Å². The summed E-state index contributed by atoms with van der Waals surface area (Å²) in [6.07, 6.45) is -0.0292. The largest absolute Gasteiger partial charge is 0.573 e. The molecule has 5 rings (SSSR count). The smallest absolute Gasteiger partial charge is 0.402 e. The number of hydrogen-bond donors (Lipinski definition) is 2. The van der Waals surface area contributed by atoms with Crippen LogP contribution in [0.1, 0.15) is 50.8 Å². The summed E-state index contributed by atoms with van der Waals surface area (Å²) >= 11 is 0. The molecule has 0 aromatic carbocycles. The molecule has 3 heterocycles. The van der Waals surface area contributed by atoms with E-state index in [0.717, 1.165) is 38.0 Å². The number of fused-ring (bicyclic) bond motifs is 1. The van der Waals surface area contributed by atoms with Crippen molar-refractivity contribution in [3.63, 3.8) is 0 Å². The van der Waals surface area contributed by atoms with Gasteiger partial charge in [0.05, 0.1) is 5.69 Å². The van der Waals surface area contributed by atoms with Crippen molar-refractivity contribution >= 4 is 5.82 Å². The third-order valence-electron chi connectivity index (χ3n) is 7.51. The maximum atomic E-state index is 12.7. The highest BCUT2D eigenvalue weighted by Gasteiger charge is 2.59. The molecule has 0 radical (unpaired) electrons. The van der Waals surface area contributed by atoms with Gasteiger partial charge in [-0.3, -0.25) is 9.58 Å². The molecule has 2 aromatic rings. The monoisotopic (exact) mass is 465 g/mol. The summed E-state index contributed by atoms with van der Waals surface area (Å²) in [4.78, 5) is 6.43. The fourth-order valence-electron chi connectivity index (χ4n) is 5.91. The van der Waals surface area contributed by atoms with E-state index in [-0.39, 0.29) is 18.5 Å². The molecular formula is C23H30F3N5O2. The molecule has 5 atom stereocenters. The summed E-state index contributed by atoms with van der Waals surface area (Å²) < 4.78 is 44.2. The third-order valence-corrected chi connectivity index (χ3v) is 7.51. The van der Waals surface area contributed by atoms with E-state index in [1.54, 1.807) is 0 Å². The lowest BCUT2D eigenvalue weighted by molar-refractivity contribution is -0.274. The van der Waals surface area contributed by atoms with Crippen LogP contribution >= 0.6 is 0 Å². The molecule has 0 spiro atoms. The zero-order chi connectivity index (χ0) is 23.5. The average Bonchev–Trinajstić information content (AvgIpc) is 3.23. The van der Waals surface area contributed by atoms with Crippen molar-refractivity contribution in [1.82, 2.24) is 19.7 Å². The van der Waals surface area contributed by atoms with E-state index >= 15 is 0 Å². The Hall–Kier alpha value is -2.33. The van der Waals surface area contributed by atoms with E-state index in [4.69, 9.17) is 10.8 Å². The number of anilines is 1. The Morgan fingerprint density at radius 3 is 2.58 bits per heavy atom. The molecule has 7 nitrogen and oxygen atoms in total. The van der Waals surface area contributed by atoms with Gasteiger partial charge in [-0.05, 0) is 69.5 Å². The average molecular weight is 466 g/mol. The molecule has 2 aliphatic carbocycles. The molecule has 3 N–H and O–H groups in total. The first-order valence-electron chi connectivity index (χ1n) is 11.6. The van der Waals surface area contributed by atoms with Crippen molar-refractivity contribution < 1.29 is 23.0 Å². The maximum absolute atomic E-state index is 12.7. The van der Waals surface area contributed by atoms with Gasteiger partial charge >= 0.3 is 6.36 Å². The van der Waals surface area contributed by atoms with E-state index in [9.17, 15) is 18.3 Å². The Bertz CT molecular complexity index is 1010. The quantitative estimate of drug-likeness (QED) is 0.674. The van der Waals surface area contributed by atoms with Gasteiger partial charge in [-0.25, -0.2) is 4.98 Å². The lowest BCUT2D eigenvalue weighted by Crippen LogP contribution is -2.33. The standard InChI is InChI=1S/C23H30F3N5O2/c1-12(2)31-19(21-16-6-15(7-17(16)21)30-4-3-13(10-30)11-32)8-18(29-31)14-5-20(22(27)28-9-14)33-23(24,25)26/h5,8-9,12-13,15-17,21,32H,3-4,6-7,10-11H2,1-2H3,(H2,27,28)/t13-,15-,16-,17+,21+/m1/s1. The van der Waals surface area contributed by atoms with Crippen LogP contribution in [0.3, 0.4) is 0 Å². The van der Waals surface area contributed by atoms with E-state index in [1.165, 1.54) is 12.3 Å². The molecule has 0 amide bonds. The molecule has 2 aromatic heterocycles. The van der Waals surface area contributed by atoms with E-state index in [0.29, 0.717) is 41.0 Å². The number of nitrogens with two attached hydrogens (primary N) is 1. The molecule has 180 valence electrons. The second-order valence-corrected chi connectivity index (χ2v) is 9.96. The Balaban J connectivity index is 1.34. The highest BCUT2D eigenvalue weighted by molar-refractivity contribution is 5.64. The number of pyridine rings is 1. The number of aliphatic hydroxyl groups is 1. The summed E-state index contributed by atoms with van der Waals surface area (Å²) in [6, 6.07) is 3.95. The predicted octanol–water partition coefficient (Wildman–Crippen LogP) is 3.81. The highest BCUT2D eigenvalue weighted by atomic mass is 19.4. The molecule has 33 heavy (non-hydrogen) atoms. The fourth-order valence-corrected chi connectivity index (χ4v) is 5.91. The van der Waals surface area contributed by atoms with E-state index < -0.39 is 12.1 Å². The van der Waals surface area contributed by atoms with Gasteiger partial charge < -0.3 is 15.6 Å². The first-order valence-corrected chi connectivity index (χ1v) is 11.6. The second-order valence-electron chi connectivity index (χ2n) is 9.96. The number of halogens is 3. The minimum absolute atomic E-state index is 0.127. The van der Waals surface area contributed by atoms with Crippen LogP contribution in [-0.4, -0.2) is 56.9 Å². The molecule has 3 fully saturated rings. The zero-order valence-corrected chi connectivity index (χ0v) is 18.8. The number of rotatable bonds is 6. The van der Waals surface area contributed by atoms with Gasteiger partial charge in [0.1, 0.15) is 0 Å². The van der Waals surface area contributed by atoms with Gasteiger partial charge in [-0.2, -0.15) is 5.10 Å². The summed E-state index contributed by atoms with van der Waals surface area (Å²) in [5.41, 5.74) is 7.74. The van der Waals surface area contributed by atoms with Gasteiger partial charge in [0, 0.05) is 48.6 Å². The van der Waals surface area contributed by atoms with Crippen LogP contribution < -0.4 is 10.5 Å². The number of likely N-dealkylation sites (tertiary alicyclic amines) is 1. The van der Waals surface area contributed by atoms with E-state index in [1.807, 2.05) is 10.7 Å². The van der Waals surface area contributed by atoms with Crippen molar-refractivity contribution in [2.45, 2.75) is 57.5 Å². The zero-order valence-electron chi connectivity index (χ0n) is 18.8. The lowest BCUT2D eigenvalue weighted by Gasteiger charge is -2.26. The summed E-state index contributed by atoms with van der Waals surface area (Å²) in [7, 11) is 0. The third kappa shape index (κ3) is 4.30. The Labute approximate surface area is 190 Å². The van der Waals surface area contributed by atoms with Gasteiger partial charge in [-0.15, -0.1) is 13.2 Å². The SMILES string of the molecule is CC(C)n1nc(-c2cnc(N)c(OC(F)(F)F)c2)cc1[C@H]1[C@@H]2C[C@@H](N3CC[C@@H](CO)C3)C[C@@H]21. The lowest BCUT2D eigenvalue weighted by atomic mass is 10.0.